The highest BCUT2D eigenvalue weighted by atomic mass is 35.5. The lowest BCUT2D eigenvalue weighted by molar-refractivity contribution is -0.140. The van der Waals surface area contributed by atoms with E-state index in [4.69, 9.17) is 34.8 Å². The Labute approximate surface area is 242 Å². The Balaban J connectivity index is 2.27. The Morgan fingerprint density at radius 2 is 1.49 bits per heavy atom. The van der Waals surface area contributed by atoms with E-state index in [2.05, 4.69) is 10.6 Å². The van der Waals surface area contributed by atoms with Crippen LogP contribution in [0.25, 0.3) is 6.08 Å². The number of hydrogen-bond donors (Lipinski definition) is 2. The van der Waals surface area contributed by atoms with Crippen LogP contribution < -0.4 is 10.6 Å². The lowest BCUT2D eigenvalue weighted by Crippen LogP contribution is -2.46. The fraction of sp³-hybridized carbons (Fsp3) is 0.360. The molecule has 0 fully saturated rings. The van der Waals surface area contributed by atoms with Crippen molar-refractivity contribution in [2.75, 3.05) is 0 Å². The lowest BCUT2D eigenvalue weighted by atomic mass is 9.96. The second kappa shape index (κ2) is 13.6. The van der Waals surface area contributed by atoms with Crippen molar-refractivity contribution < 1.29 is 49.1 Å². The van der Waals surface area contributed by atoms with Gasteiger partial charge in [-0.05, 0) is 48.7 Å². The molecule has 0 heterocycles. The molecule has 0 aliphatic heterocycles. The maximum atomic E-state index is 13.8. The minimum Gasteiger partial charge on any atom is -0.336 e. The molecular weight excluding hydrogens is 638 g/mol. The summed E-state index contributed by atoms with van der Waals surface area (Å²) in [5, 5.41) is 3.51. The van der Waals surface area contributed by atoms with E-state index in [0.29, 0.717) is 12.1 Å². The van der Waals surface area contributed by atoms with E-state index in [1.807, 2.05) is 0 Å². The second-order valence-corrected chi connectivity index (χ2v) is 9.90. The van der Waals surface area contributed by atoms with Gasteiger partial charge in [0.25, 0.3) is 5.91 Å². The van der Waals surface area contributed by atoms with Gasteiger partial charge in [-0.15, -0.1) is 0 Å². The minimum atomic E-state index is -5.11. The third-order valence-electron chi connectivity index (χ3n) is 5.38. The molecule has 0 spiro atoms. The Bertz CT molecular complexity index is 1270. The molecule has 0 aromatic heterocycles. The normalized spacial score (nSPS) is 14.2. The van der Waals surface area contributed by atoms with Gasteiger partial charge in [-0.3, -0.25) is 9.59 Å². The Morgan fingerprint density at radius 1 is 0.902 bits per heavy atom. The number of allylic oxidation sites excluding steroid dienone is 1. The molecule has 0 aliphatic carbocycles. The highest BCUT2D eigenvalue weighted by molar-refractivity contribution is 6.48. The summed E-state index contributed by atoms with van der Waals surface area (Å²) in [5.74, 6) is -4.50. The Kier molecular flexibility index (Phi) is 11.4. The zero-order valence-electron chi connectivity index (χ0n) is 20.7. The fourth-order valence-corrected chi connectivity index (χ4v) is 4.16. The van der Waals surface area contributed by atoms with Crippen LogP contribution in [0.15, 0.2) is 36.4 Å². The number of nitrogens with one attached hydrogen (secondary N) is 2. The van der Waals surface area contributed by atoms with Crippen LogP contribution in [-0.4, -0.2) is 30.3 Å². The van der Waals surface area contributed by atoms with Gasteiger partial charge >= 0.3 is 18.5 Å². The molecule has 0 aliphatic rings. The summed E-state index contributed by atoms with van der Waals surface area (Å²) in [4.78, 5) is 24.3. The number of halogens is 12. The molecule has 2 N–H and O–H groups in total. The van der Waals surface area contributed by atoms with Crippen LogP contribution in [-0.2, 0) is 11.0 Å². The molecule has 2 rings (SSSR count). The van der Waals surface area contributed by atoms with Crippen molar-refractivity contribution in [3.05, 3.63) is 73.7 Å². The summed E-state index contributed by atoms with van der Waals surface area (Å²) in [5.41, 5.74) is -3.15. The van der Waals surface area contributed by atoms with Crippen LogP contribution in [0.2, 0.25) is 15.1 Å². The van der Waals surface area contributed by atoms with Crippen molar-refractivity contribution >= 4 is 52.7 Å². The van der Waals surface area contributed by atoms with E-state index in [9.17, 15) is 49.1 Å². The van der Waals surface area contributed by atoms with Crippen LogP contribution in [0.1, 0.15) is 59.2 Å². The van der Waals surface area contributed by atoms with Gasteiger partial charge in [0.15, 0.2) is 0 Å². The standard InChI is InChI=1S/C25H20Cl3F9N2O2/c1-12(38-20(40)3-2-8-23(29,30)31)39-22(41)15-6-4-13(9-17(15)25(35,36)37)5-7-16(24(32,33)34)14-10-18(26)21(28)19(27)11-14/h4-7,9-12,16H,2-3,8H2,1H3,(H,38,40)(H,39,41)/b7-5+/t12-,16?/m1/s1. The summed E-state index contributed by atoms with van der Waals surface area (Å²) >= 11 is 17.4. The molecular formula is C25H20Cl3F9N2O2. The maximum Gasteiger partial charge on any atom is 0.417 e. The highest BCUT2D eigenvalue weighted by Crippen LogP contribution is 2.41. The molecule has 1 unspecified atom stereocenters. The van der Waals surface area contributed by atoms with Gasteiger partial charge in [0.1, 0.15) is 0 Å². The quantitative estimate of drug-likeness (QED) is 0.161. The topological polar surface area (TPSA) is 58.2 Å². The molecule has 4 nitrogen and oxygen atoms in total. The van der Waals surface area contributed by atoms with Crippen molar-refractivity contribution in [3.8, 4) is 0 Å². The summed E-state index contributed by atoms with van der Waals surface area (Å²) in [6.07, 6.45) is -16.7. The average Bonchev–Trinajstić information content (AvgIpc) is 2.80. The van der Waals surface area contributed by atoms with Gasteiger partial charge in [-0.2, -0.15) is 39.5 Å². The van der Waals surface area contributed by atoms with Gasteiger partial charge in [-0.25, -0.2) is 0 Å². The Morgan fingerprint density at radius 3 is 2.00 bits per heavy atom. The van der Waals surface area contributed by atoms with Crippen LogP contribution in [0.3, 0.4) is 0 Å². The van der Waals surface area contributed by atoms with E-state index in [0.717, 1.165) is 30.3 Å². The first-order valence-electron chi connectivity index (χ1n) is 11.5. The Hall–Kier alpha value is -2.64. The maximum absolute atomic E-state index is 13.8. The molecule has 2 amide bonds. The van der Waals surface area contributed by atoms with Gasteiger partial charge in [0.2, 0.25) is 5.91 Å². The SMILES string of the molecule is C[C@H](NC(=O)CCCC(F)(F)F)NC(=O)c1ccc(/C=C/C(c2cc(Cl)c(Cl)c(Cl)c2)C(F)(F)F)cc1C(F)(F)F. The molecule has 0 saturated heterocycles. The van der Waals surface area contributed by atoms with Gasteiger partial charge < -0.3 is 10.6 Å². The summed E-state index contributed by atoms with van der Waals surface area (Å²) in [6, 6.07) is 4.00. The van der Waals surface area contributed by atoms with Crippen LogP contribution in [0, 0.1) is 0 Å². The van der Waals surface area contributed by atoms with E-state index in [1.165, 1.54) is 6.92 Å². The third-order valence-corrected chi connectivity index (χ3v) is 6.58. The van der Waals surface area contributed by atoms with Crippen molar-refractivity contribution in [2.24, 2.45) is 0 Å². The third kappa shape index (κ3) is 10.6. The molecule has 16 heteroatoms. The van der Waals surface area contributed by atoms with Crippen LogP contribution in [0.4, 0.5) is 39.5 Å². The van der Waals surface area contributed by atoms with Gasteiger partial charge in [-0.1, -0.05) is 53.0 Å². The molecule has 2 aromatic carbocycles. The minimum absolute atomic E-state index is 0.180. The van der Waals surface area contributed by atoms with E-state index >= 15 is 0 Å². The van der Waals surface area contributed by atoms with Crippen molar-refractivity contribution in [1.82, 2.24) is 10.6 Å². The first-order valence-corrected chi connectivity index (χ1v) is 12.6. The lowest BCUT2D eigenvalue weighted by Gasteiger charge is -2.19. The molecule has 0 radical (unpaired) electrons. The summed E-state index contributed by atoms with van der Waals surface area (Å²) in [6.45, 7) is 1.18. The van der Waals surface area contributed by atoms with E-state index in [-0.39, 0.29) is 20.6 Å². The summed E-state index contributed by atoms with van der Waals surface area (Å²) < 4.78 is 119. The molecule has 2 aromatic rings. The number of hydrogen-bond acceptors (Lipinski definition) is 2. The van der Waals surface area contributed by atoms with Crippen LogP contribution in [0.5, 0.6) is 0 Å². The van der Waals surface area contributed by atoms with Crippen molar-refractivity contribution in [1.29, 1.82) is 0 Å². The van der Waals surface area contributed by atoms with Crippen LogP contribution >= 0.6 is 34.8 Å². The number of alkyl halides is 9. The first kappa shape index (κ1) is 34.6. The average molecular weight is 658 g/mol. The number of carbonyl (C=O) groups excluding carboxylic acids is 2. The zero-order valence-corrected chi connectivity index (χ0v) is 22.9. The zero-order chi connectivity index (χ0) is 31.3. The monoisotopic (exact) mass is 656 g/mol. The second-order valence-electron chi connectivity index (χ2n) is 8.71. The van der Waals surface area contributed by atoms with Gasteiger partial charge in [0, 0.05) is 12.8 Å². The number of carbonyl (C=O) groups is 2. The fourth-order valence-electron chi connectivity index (χ4n) is 3.54. The summed E-state index contributed by atoms with van der Waals surface area (Å²) in [7, 11) is 0. The van der Waals surface area contributed by atoms with E-state index in [1.54, 1.807) is 0 Å². The number of amides is 2. The van der Waals surface area contributed by atoms with Gasteiger partial charge in [0.05, 0.1) is 38.3 Å². The molecule has 0 bridgehead atoms. The molecule has 2 atom stereocenters. The molecule has 41 heavy (non-hydrogen) atoms. The first-order chi connectivity index (χ1) is 18.7. The molecule has 0 saturated carbocycles. The predicted octanol–water partition coefficient (Wildman–Crippen LogP) is 8.95. The van der Waals surface area contributed by atoms with E-state index < -0.39 is 78.4 Å². The van der Waals surface area contributed by atoms with Crippen molar-refractivity contribution in [3.63, 3.8) is 0 Å². The highest BCUT2D eigenvalue weighted by Gasteiger charge is 2.40. The predicted molar refractivity (Wildman–Crippen MR) is 136 cm³/mol. The largest absolute Gasteiger partial charge is 0.417 e. The number of benzene rings is 2. The smallest absolute Gasteiger partial charge is 0.336 e. The number of rotatable bonds is 9. The molecule has 226 valence electrons. The van der Waals surface area contributed by atoms with Crippen molar-refractivity contribution in [2.45, 2.75) is 56.8 Å².